The minimum atomic E-state index is -1.56. The summed E-state index contributed by atoms with van der Waals surface area (Å²) in [5, 5.41) is 13.0. The Morgan fingerprint density at radius 1 is 0.800 bits per heavy atom. The van der Waals surface area contributed by atoms with Gasteiger partial charge in [-0.15, -0.1) is 0 Å². The molecule has 55 heavy (non-hydrogen) atoms. The number of fused-ring (bicyclic) bond motifs is 4. The van der Waals surface area contributed by atoms with E-state index in [0.29, 0.717) is 41.1 Å². The molecule has 9 rings (SSSR count). The summed E-state index contributed by atoms with van der Waals surface area (Å²) in [6.07, 6.45) is 3.77. The molecule has 0 radical (unpaired) electrons. The number of likely N-dealkylation sites (tertiary alicyclic amines) is 2. The second-order valence-corrected chi connectivity index (χ2v) is 15.9. The molecular formula is C44H40ClFN4O5. The van der Waals surface area contributed by atoms with Gasteiger partial charge in [0, 0.05) is 42.2 Å². The number of para-hydroxylation sites is 1. The number of imide groups is 2. The van der Waals surface area contributed by atoms with E-state index in [-0.39, 0.29) is 30.0 Å². The molecule has 4 amide bonds. The first-order chi connectivity index (χ1) is 26.7. The number of hydrogen-bond donors (Lipinski definition) is 2. The standard InChI is InChI=1S/C44H40ClFN4O5/c45-28-12-10-27(11-13-28)44-36(41(53)50(43(44)55)47-30-16-14-29(46)15-17-30)24-35-32(39(44)33-8-4-5-9-37(33)51)18-19-34-38(35)42(54)49(40(34)52)31-20-22-48(23-21-31)25-26-6-2-1-3-7-26/h1-18,31,34-36,38-39,47,51H,19-25H2/t34-,35+,36-,38-,39+,44+/m0/s1. The predicted molar refractivity (Wildman–Crippen MR) is 204 cm³/mol. The molecule has 3 aliphatic heterocycles. The Morgan fingerprint density at radius 3 is 2.20 bits per heavy atom. The van der Waals surface area contributed by atoms with Crippen molar-refractivity contribution in [2.75, 3.05) is 18.5 Å². The van der Waals surface area contributed by atoms with Gasteiger partial charge in [-0.3, -0.25) is 34.4 Å². The zero-order chi connectivity index (χ0) is 38.0. The predicted octanol–water partition coefficient (Wildman–Crippen LogP) is 6.83. The van der Waals surface area contributed by atoms with Crippen molar-refractivity contribution in [1.82, 2.24) is 14.8 Å². The molecule has 0 aromatic heterocycles. The molecule has 4 aromatic rings. The zero-order valence-electron chi connectivity index (χ0n) is 30.0. The van der Waals surface area contributed by atoms with E-state index >= 15 is 4.79 Å². The summed E-state index contributed by atoms with van der Waals surface area (Å²) in [6.45, 7) is 2.32. The van der Waals surface area contributed by atoms with Gasteiger partial charge < -0.3 is 5.11 Å². The Labute approximate surface area is 323 Å². The number of halogens is 2. The molecule has 2 N–H and O–H groups in total. The molecule has 3 saturated heterocycles. The number of carbonyl (C=O) groups is 4. The average Bonchev–Trinajstić information content (AvgIpc) is 3.57. The summed E-state index contributed by atoms with van der Waals surface area (Å²) >= 11 is 6.37. The van der Waals surface area contributed by atoms with E-state index in [4.69, 9.17) is 11.6 Å². The molecule has 280 valence electrons. The Bertz CT molecular complexity index is 2210. The number of aromatic hydroxyl groups is 1. The molecule has 2 aliphatic carbocycles. The van der Waals surface area contributed by atoms with Gasteiger partial charge in [-0.2, -0.15) is 5.01 Å². The zero-order valence-corrected chi connectivity index (χ0v) is 30.7. The number of hydrogen-bond acceptors (Lipinski definition) is 7. The van der Waals surface area contributed by atoms with Crippen molar-refractivity contribution in [2.45, 2.75) is 49.6 Å². The maximum absolute atomic E-state index is 15.2. The number of anilines is 1. The van der Waals surface area contributed by atoms with Crippen molar-refractivity contribution in [3.8, 4) is 5.75 Å². The van der Waals surface area contributed by atoms with Crippen LogP contribution in [-0.2, 0) is 31.1 Å². The van der Waals surface area contributed by atoms with Gasteiger partial charge in [0.15, 0.2) is 0 Å². The lowest BCUT2D eigenvalue weighted by atomic mass is 9.49. The monoisotopic (exact) mass is 758 g/mol. The van der Waals surface area contributed by atoms with Crippen molar-refractivity contribution in [3.05, 3.63) is 142 Å². The Kier molecular flexibility index (Phi) is 8.85. The van der Waals surface area contributed by atoms with E-state index in [1.54, 1.807) is 48.5 Å². The highest BCUT2D eigenvalue weighted by Gasteiger charge is 2.70. The number of hydrazine groups is 1. The van der Waals surface area contributed by atoms with Crippen LogP contribution in [0.2, 0.25) is 5.02 Å². The van der Waals surface area contributed by atoms with Gasteiger partial charge in [0.25, 0.3) is 11.8 Å². The third-order valence-electron chi connectivity index (χ3n) is 12.7. The number of benzene rings is 4. The third kappa shape index (κ3) is 5.68. The van der Waals surface area contributed by atoms with E-state index in [0.717, 1.165) is 30.2 Å². The van der Waals surface area contributed by atoms with E-state index in [9.17, 15) is 23.9 Å². The smallest absolute Gasteiger partial charge is 0.260 e. The Morgan fingerprint density at radius 2 is 1.49 bits per heavy atom. The number of amides is 4. The van der Waals surface area contributed by atoms with Crippen LogP contribution in [0.5, 0.6) is 5.75 Å². The van der Waals surface area contributed by atoms with Crippen molar-refractivity contribution < 1.29 is 28.7 Å². The summed E-state index contributed by atoms with van der Waals surface area (Å²) in [6, 6.07) is 29.0. The van der Waals surface area contributed by atoms with E-state index in [1.807, 2.05) is 24.3 Å². The maximum Gasteiger partial charge on any atom is 0.260 e. The fourth-order valence-electron chi connectivity index (χ4n) is 10.3. The number of allylic oxidation sites excluding steroid dienone is 2. The summed E-state index contributed by atoms with van der Waals surface area (Å²) in [5.41, 5.74) is 4.70. The SMILES string of the molecule is O=C1[C@@H]2C[C@@H]3C(=CC[C@@H]4C(=O)N(C5CCN(Cc6ccccc6)CC5)C(=O)[C@@H]43)[C@H](c3ccccc3O)[C@]2(c2ccc(Cl)cc2)C(=O)N1Nc1ccc(F)cc1. The first-order valence-electron chi connectivity index (χ1n) is 18.9. The van der Waals surface area contributed by atoms with Crippen LogP contribution in [0.15, 0.2) is 115 Å². The molecule has 11 heteroatoms. The van der Waals surface area contributed by atoms with E-state index in [2.05, 4.69) is 22.5 Å². The fraction of sp³-hybridized carbons (Fsp3) is 0.318. The molecule has 0 unspecified atom stereocenters. The minimum absolute atomic E-state index is 0.0498. The van der Waals surface area contributed by atoms with Crippen molar-refractivity contribution in [2.24, 2.45) is 23.7 Å². The van der Waals surface area contributed by atoms with Crippen LogP contribution in [0, 0.1) is 29.5 Å². The second kappa shape index (κ2) is 13.8. The third-order valence-corrected chi connectivity index (χ3v) is 13.0. The van der Waals surface area contributed by atoms with Crippen LogP contribution in [0.4, 0.5) is 10.1 Å². The Hall–Kier alpha value is -5.32. The van der Waals surface area contributed by atoms with Crippen molar-refractivity contribution in [3.63, 3.8) is 0 Å². The minimum Gasteiger partial charge on any atom is -0.508 e. The quantitative estimate of drug-likeness (QED) is 0.157. The normalized spacial score (nSPS) is 28.2. The van der Waals surface area contributed by atoms with Gasteiger partial charge in [0.2, 0.25) is 11.8 Å². The van der Waals surface area contributed by atoms with Gasteiger partial charge in [-0.25, -0.2) is 4.39 Å². The van der Waals surface area contributed by atoms with Gasteiger partial charge in [-0.05, 0) is 85.2 Å². The molecule has 4 aromatic carbocycles. The first kappa shape index (κ1) is 35.4. The number of carbonyl (C=O) groups excluding carboxylic acids is 4. The highest BCUT2D eigenvalue weighted by molar-refractivity contribution is 6.30. The van der Waals surface area contributed by atoms with E-state index in [1.165, 1.54) is 34.7 Å². The average molecular weight is 759 g/mol. The molecule has 0 bridgehead atoms. The number of nitrogens with one attached hydrogen (secondary N) is 1. The molecule has 4 fully saturated rings. The maximum atomic E-state index is 15.2. The Balaban J connectivity index is 1.10. The molecule has 9 nitrogen and oxygen atoms in total. The largest absolute Gasteiger partial charge is 0.508 e. The number of phenols is 1. The fourth-order valence-corrected chi connectivity index (χ4v) is 10.4. The molecule has 1 saturated carbocycles. The van der Waals surface area contributed by atoms with Gasteiger partial charge in [-0.1, -0.05) is 83.9 Å². The molecule has 5 aliphatic rings. The summed E-state index contributed by atoms with van der Waals surface area (Å²) < 4.78 is 13.9. The number of rotatable bonds is 7. The van der Waals surface area contributed by atoms with Crippen LogP contribution < -0.4 is 5.43 Å². The second-order valence-electron chi connectivity index (χ2n) is 15.5. The van der Waals surface area contributed by atoms with Gasteiger partial charge in [0.05, 0.1) is 28.9 Å². The van der Waals surface area contributed by atoms with Crippen molar-refractivity contribution >= 4 is 40.9 Å². The van der Waals surface area contributed by atoms with Crippen molar-refractivity contribution in [1.29, 1.82) is 0 Å². The molecule has 6 atom stereocenters. The van der Waals surface area contributed by atoms with Gasteiger partial charge >= 0.3 is 0 Å². The van der Waals surface area contributed by atoms with Crippen LogP contribution in [0.3, 0.4) is 0 Å². The van der Waals surface area contributed by atoms with Crippen LogP contribution in [0.25, 0.3) is 0 Å². The number of nitrogens with zero attached hydrogens (tertiary/aromatic N) is 3. The summed E-state index contributed by atoms with van der Waals surface area (Å²) in [4.78, 5) is 62.9. The van der Waals surface area contributed by atoms with Crippen LogP contribution in [0.1, 0.15) is 48.3 Å². The number of phenolic OH excluding ortho intramolecular Hbond substituents is 1. The summed E-state index contributed by atoms with van der Waals surface area (Å²) in [7, 11) is 0. The molecule has 0 spiro atoms. The van der Waals surface area contributed by atoms with Gasteiger partial charge in [0.1, 0.15) is 11.6 Å². The van der Waals surface area contributed by atoms with Crippen LogP contribution in [-0.4, -0.2) is 62.7 Å². The highest BCUT2D eigenvalue weighted by Crippen LogP contribution is 2.65. The highest BCUT2D eigenvalue weighted by atomic mass is 35.5. The number of piperidine rings is 1. The first-order valence-corrected chi connectivity index (χ1v) is 19.3. The molecular weight excluding hydrogens is 719 g/mol. The lowest BCUT2D eigenvalue weighted by molar-refractivity contribution is -0.144. The van der Waals surface area contributed by atoms with E-state index < -0.39 is 52.6 Å². The van der Waals surface area contributed by atoms with Crippen LogP contribution >= 0.6 is 11.6 Å². The molecule has 3 heterocycles. The summed E-state index contributed by atoms with van der Waals surface area (Å²) in [5.74, 6) is -5.66. The topological polar surface area (TPSA) is 110 Å². The lowest BCUT2D eigenvalue weighted by Gasteiger charge is -2.50. The lowest BCUT2D eigenvalue weighted by Crippen LogP contribution is -2.53.